The lowest BCUT2D eigenvalue weighted by Crippen LogP contribution is -2.56. The van der Waals surface area contributed by atoms with Crippen molar-refractivity contribution >= 4 is 5.78 Å². The number of Topliss-reactive ketones (excluding diaryl/α,β-unsaturated/α-hetero) is 1. The molecule has 1 aliphatic heterocycles. The summed E-state index contributed by atoms with van der Waals surface area (Å²) in [6.45, 7) is 10.8. The molecule has 0 spiro atoms. The largest absolute Gasteiger partial charge is 0.379 e. The minimum atomic E-state index is -0.527. The van der Waals surface area contributed by atoms with Crippen LogP contribution in [0.2, 0.25) is 0 Å². The summed E-state index contributed by atoms with van der Waals surface area (Å²) >= 11 is 0. The summed E-state index contributed by atoms with van der Waals surface area (Å²) in [4.78, 5) is 15.2. The lowest BCUT2D eigenvalue weighted by Gasteiger charge is -2.41. The lowest BCUT2D eigenvalue weighted by molar-refractivity contribution is -0.00871. The monoisotopic (exact) mass is 273 g/mol. The smallest absolute Gasteiger partial charge is 0.183 e. The molecule has 0 N–H and O–H groups in total. The molecule has 0 saturated carbocycles. The highest BCUT2D eigenvalue weighted by atomic mass is 16.5. The Balaban J connectivity index is 2.28. The highest BCUT2D eigenvalue weighted by Crippen LogP contribution is 2.26. The van der Waals surface area contributed by atoms with Crippen LogP contribution in [0, 0.1) is 6.92 Å². The van der Waals surface area contributed by atoms with E-state index in [9.17, 15) is 4.79 Å². The van der Waals surface area contributed by atoms with Gasteiger partial charge in [0.1, 0.15) is 0 Å². The van der Waals surface area contributed by atoms with Gasteiger partial charge in [0.05, 0.1) is 18.8 Å². The van der Waals surface area contributed by atoms with Gasteiger partial charge in [0.15, 0.2) is 5.78 Å². The third-order valence-corrected chi connectivity index (χ3v) is 4.05. The van der Waals surface area contributed by atoms with E-state index in [2.05, 4.69) is 11.5 Å². The van der Waals surface area contributed by atoms with E-state index in [1.807, 2.05) is 44.2 Å². The van der Waals surface area contributed by atoms with Crippen molar-refractivity contribution in [1.29, 1.82) is 0 Å². The summed E-state index contributed by atoms with van der Waals surface area (Å²) in [6, 6.07) is 7.81. The SMILES string of the molecule is C=CCC(C)(C(=O)c1ccc(C)cc1)N1CCOCC1. The number of aryl methyl sites for hydroxylation is 1. The normalized spacial score (nSPS) is 19.3. The van der Waals surface area contributed by atoms with Gasteiger partial charge in [-0.15, -0.1) is 6.58 Å². The standard InChI is InChI=1S/C17H23NO2/c1-4-9-17(3,18-10-12-20-13-11-18)16(19)15-7-5-14(2)6-8-15/h4-8H,1,9-13H2,2-3H3. The molecule has 1 aliphatic rings. The summed E-state index contributed by atoms with van der Waals surface area (Å²) in [7, 11) is 0. The number of ether oxygens (including phenoxy) is 1. The maximum Gasteiger partial charge on any atom is 0.183 e. The van der Waals surface area contributed by atoms with E-state index >= 15 is 0 Å². The van der Waals surface area contributed by atoms with Gasteiger partial charge in [-0.2, -0.15) is 0 Å². The molecular weight excluding hydrogens is 250 g/mol. The summed E-state index contributed by atoms with van der Waals surface area (Å²) in [5.74, 6) is 0.166. The van der Waals surface area contributed by atoms with Crippen LogP contribution in [-0.2, 0) is 4.74 Å². The van der Waals surface area contributed by atoms with Crippen molar-refractivity contribution < 1.29 is 9.53 Å². The zero-order valence-corrected chi connectivity index (χ0v) is 12.4. The molecule has 3 nitrogen and oxygen atoms in total. The molecule has 0 aliphatic carbocycles. The third-order valence-electron chi connectivity index (χ3n) is 4.05. The molecule has 0 radical (unpaired) electrons. The molecule has 1 heterocycles. The quantitative estimate of drug-likeness (QED) is 0.610. The fourth-order valence-corrected chi connectivity index (χ4v) is 2.72. The summed E-state index contributed by atoms with van der Waals surface area (Å²) in [5.41, 5.74) is 1.41. The third kappa shape index (κ3) is 3.00. The van der Waals surface area contributed by atoms with Gasteiger partial charge in [-0.05, 0) is 20.3 Å². The average molecular weight is 273 g/mol. The Labute approximate surface area is 121 Å². The molecule has 3 heteroatoms. The topological polar surface area (TPSA) is 29.5 Å². The van der Waals surface area contributed by atoms with Gasteiger partial charge in [-0.1, -0.05) is 35.9 Å². The van der Waals surface area contributed by atoms with Gasteiger partial charge in [-0.3, -0.25) is 9.69 Å². The van der Waals surface area contributed by atoms with Crippen molar-refractivity contribution in [3.8, 4) is 0 Å². The average Bonchev–Trinajstić information content (AvgIpc) is 2.48. The second-order valence-electron chi connectivity index (χ2n) is 5.56. The number of carbonyl (C=O) groups excluding carboxylic acids is 1. The summed E-state index contributed by atoms with van der Waals surface area (Å²) in [6.07, 6.45) is 2.49. The molecule has 0 bridgehead atoms. The Hall–Kier alpha value is -1.45. The van der Waals surface area contributed by atoms with E-state index in [0.717, 1.165) is 18.7 Å². The van der Waals surface area contributed by atoms with Crippen LogP contribution in [0.25, 0.3) is 0 Å². The first-order valence-corrected chi connectivity index (χ1v) is 7.13. The van der Waals surface area contributed by atoms with Crippen LogP contribution >= 0.6 is 0 Å². The van der Waals surface area contributed by atoms with E-state index in [-0.39, 0.29) is 5.78 Å². The van der Waals surface area contributed by atoms with E-state index in [1.54, 1.807) is 0 Å². The molecule has 1 aromatic carbocycles. The number of morpholine rings is 1. The molecule has 20 heavy (non-hydrogen) atoms. The van der Waals surface area contributed by atoms with Crippen molar-refractivity contribution in [2.24, 2.45) is 0 Å². The second-order valence-corrected chi connectivity index (χ2v) is 5.56. The van der Waals surface area contributed by atoms with Crippen molar-refractivity contribution in [2.45, 2.75) is 25.8 Å². The van der Waals surface area contributed by atoms with E-state index < -0.39 is 5.54 Å². The number of rotatable bonds is 5. The number of hydrogen-bond donors (Lipinski definition) is 0. The number of carbonyl (C=O) groups is 1. The van der Waals surface area contributed by atoms with Crippen LogP contribution in [0.4, 0.5) is 0 Å². The van der Waals surface area contributed by atoms with Crippen LogP contribution in [0.3, 0.4) is 0 Å². The Morgan fingerprint density at radius 1 is 1.35 bits per heavy atom. The molecule has 1 aromatic rings. The Bertz CT molecular complexity index is 474. The van der Waals surface area contributed by atoms with Gasteiger partial charge in [-0.25, -0.2) is 0 Å². The van der Waals surface area contributed by atoms with Crippen LogP contribution in [0.1, 0.15) is 29.3 Å². The molecule has 2 rings (SSSR count). The predicted molar refractivity (Wildman–Crippen MR) is 81.1 cm³/mol. The van der Waals surface area contributed by atoms with Crippen LogP contribution in [0.15, 0.2) is 36.9 Å². The van der Waals surface area contributed by atoms with Crippen molar-refractivity contribution in [2.75, 3.05) is 26.3 Å². The number of benzene rings is 1. The Morgan fingerprint density at radius 2 is 1.95 bits per heavy atom. The minimum Gasteiger partial charge on any atom is -0.379 e. The first-order valence-electron chi connectivity index (χ1n) is 7.13. The van der Waals surface area contributed by atoms with Crippen molar-refractivity contribution in [3.05, 3.63) is 48.0 Å². The summed E-state index contributed by atoms with van der Waals surface area (Å²) < 4.78 is 5.40. The number of hydrogen-bond acceptors (Lipinski definition) is 3. The molecule has 1 fully saturated rings. The fourth-order valence-electron chi connectivity index (χ4n) is 2.72. The summed E-state index contributed by atoms with van der Waals surface area (Å²) in [5, 5.41) is 0. The highest BCUT2D eigenvalue weighted by Gasteiger charge is 2.39. The van der Waals surface area contributed by atoms with E-state index in [0.29, 0.717) is 19.6 Å². The maximum atomic E-state index is 12.9. The first-order chi connectivity index (χ1) is 9.58. The Morgan fingerprint density at radius 3 is 2.50 bits per heavy atom. The first kappa shape index (κ1) is 14.9. The van der Waals surface area contributed by atoms with Gasteiger partial charge < -0.3 is 4.74 Å². The maximum absolute atomic E-state index is 12.9. The van der Waals surface area contributed by atoms with Crippen molar-refractivity contribution in [3.63, 3.8) is 0 Å². The van der Waals surface area contributed by atoms with Crippen LogP contribution in [-0.4, -0.2) is 42.5 Å². The van der Waals surface area contributed by atoms with Gasteiger partial charge >= 0.3 is 0 Å². The van der Waals surface area contributed by atoms with E-state index in [4.69, 9.17) is 4.74 Å². The number of ketones is 1. The molecule has 1 unspecified atom stereocenters. The molecule has 1 atom stereocenters. The molecule has 0 amide bonds. The van der Waals surface area contributed by atoms with Gasteiger partial charge in [0.25, 0.3) is 0 Å². The number of nitrogens with zero attached hydrogens (tertiary/aromatic N) is 1. The zero-order valence-electron chi connectivity index (χ0n) is 12.4. The zero-order chi connectivity index (χ0) is 14.6. The molecule has 1 saturated heterocycles. The lowest BCUT2D eigenvalue weighted by atomic mass is 9.85. The highest BCUT2D eigenvalue weighted by molar-refractivity contribution is 6.03. The minimum absolute atomic E-state index is 0.166. The Kier molecular flexibility index (Phi) is 4.73. The molecule has 108 valence electrons. The second kappa shape index (κ2) is 6.33. The predicted octanol–water partition coefficient (Wildman–Crippen LogP) is 2.84. The van der Waals surface area contributed by atoms with Crippen LogP contribution in [0.5, 0.6) is 0 Å². The van der Waals surface area contributed by atoms with Crippen molar-refractivity contribution in [1.82, 2.24) is 4.90 Å². The van der Waals surface area contributed by atoms with E-state index in [1.165, 1.54) is 5.56 Å². The van der Waals surface area contributed by atoms with Gasteiger partial charge in [0.2, 0.25) is 0 Å². The fraction of sp³-hybridized carbons (Fsp3) is 0.471. The van der Waals surface area contributed by atoms with Gasteiger partial charge in [0, 0.05) is 18.7 Å². The van der Waals surface area contributed by atoms with Crippen LogP contribution < -0.4 is 0 Å². The molecular formula is C17H23NO2. The molecule has 0 aromatic heterocycles.